The number of carboxylic acid groups (broad SMARTS) is 1. The van der Waals surface area contributed by atoms with Crippen LogP contribution in [-0.4, -0.2) is 48.0 Å². The van der Waals surface area contributed by atoms with Crippen molar-refractivity contribution >= 4 is 11.9 Å². The van der Waals surface area contributed by atoms with Gasteiger partial charge in [-0.2, -0.15) is 0 Å². The van der Waals surface area contributed by atoms with E-state index in [0.717, 1.165) is 0 Å². The monoisotopic (exact) mass is 217 g/mol. The SMILES string of the molecule is O=C(NC[C@H](O)C(=O)O)C1CCOCC1. The van der Waals surface area contributed by atoms with E-state index in [9.17, 15) is 9.59 Å². The summed E-state index contributed by atoms with van der Waals surface area (Å²) in [5.74, 6) is -1.67. The summed E-state index contributed by atoms with van der Waals surface area (Å²) in [4.78, 5) is 21.7. The smallest absolute Gasteiger partial charge is 0.334 e. The molecule has 3 N–H and O–H groups in total. The van der Waals surface area contributed by atoms with E-state index in [4.69, 9.17) is 14.9 Å². The minimum absolute atomic E-state index is 0.125. The Kier molecular flexibility index (Phi) is 4.51. The molecule has 1 atom stereocenters. The molecule has 6 heteroatoms. The van der Waals surface area contributed by atoms with Crippen molar-refractivity contribution in [1.29, 1.82) is 0 Å². The molecule has 1 heterocycles. The van der Waals surface area contributed by atoms with Gasteiger partial charge >= 0.3 is 5.97 Å². The number of carbonyl (C=O) groups is 2. The predicted molar refractivity (Wildman–Crippen MR) is 50.2 cm³/mol. The van der Waals surface area contributed by atoms with E-state index in [1.54, 1.807) is 0 Å². The van der Waals surface area contributed by atoms with Crippen LogP contribution in [0, 0.1) is 5.92 Å². The molecule has 15 heavy (non-hydrogen) atoms. The van der Waals surface area contributed by atoms with Gasteiger partial charge in [0.05, 0.1) is 6.54 Å². The molecule has 1 aliphatic rings. The fourth-order valence-corrected chi connectivity index (χ4v) is 1.39. The minimum Gasteiger partial charge on any atom is -0.479 e. The van der Waals surface area contributed by atoms with Gasteiger partial charge in [-0.25, -0.2) is 4.79 Å². The molecule has 0 saturated carbocycles. The second-order valence-corrected chi connectivity index (χ2v) is 3.49. The van der Waals surface area contributed by atoms with Crippen molar-refractivity contribution in [2.24, 2.45) is 5.92 Å². The van der Waals surface area contributed by atoms with Gasteiger partial charge in [0.1, 0.15) is 0 Å². The van der Waals surface area contributed by atoms with Crippen molar-refractivity contribution < 1.29 is 24.5 Å². The van der Waals surface area contributed by atoms with Crippen molar-refractivity contribution in [1.82, 2.24) is 5.32 Å². The number of ether oxygens (including phenoxy) is 1. The number of hydrogen-bond acceptors (Lipinski definition) is 4. The third-order valence-corrected chi connectivity index (χ3v) is 2.35. The fraction of sp³-hybridized carbons (Fsp3) is 0.778. The van der Waals surface area contributed by atoms with Crippen LogP contribution >= 0.6 is 0 Å². The number of aliphatic hydroxyl groups excluding tert-OH is 1. The second kappa shape index (κ2) is 5.67. The highest BCUT2D eigenvalue weighted by molar-refractivity contribution is 5.80. The maximum atomic E-state index is 11.5. The first-order valence-electron chi connectivity index (χ1n) is 4.87. The summed E-state index contributed by atoms with van der Waals surface area (Å²) in [6, 6.07) is 0. The number of carboxylic acids is 1. The largest absolute Gasteiger partial charge is 0.479 e. The van der Waals surface area contributed by atoms with Gasteiger partial charge in [0.2, 0.25) is 5.91 Å². The lowest BCUT2D eigenvalue weighted by Crippen LogP contribution is -2.40. The Morgan fingerprint density at radius 1 is 1.40 bits per heavy atom. The number of rotatable bonds is 4. The summed E-state index contributed by atoms with van der Waals surface area (Å²) in [6.45, 7) is 0.866. The third-order valence-electron chi connectivity index (χ3n) is 2.35. The Hall–Kier alpha value is -1.14. The van der Waals surface area contributed by atoms with Gasteiger partial charge in [-0.15, -0.1) is 0 Å². The molecule has 0 unspecified atom stereocenters. The molecule has 0 spiro atoms. The van der Waals surface area contributed by atoms with E-state index in [2.05, 4.69) is 5.32 Å². The van der Waals surface area contributed by atoms with Crippen LogP contribution in [0.5, 0.6) is 0 Å². The normalized spacial score (nSPS) is 19.5. The number of carbonyl (C=O) groups excluding carboxylic acids is 1. The quantitative estimate of drug-likeness (QED) is 0.560. The summed E-state index contributed by atoms with van der Waals surface area (Å²) in [6.07, 6.45) is -0.238. The summed E-state index contributed by atoms with van der Waals surface area (Å²) < 4.78 is 5.09. The van der Waals surface area contributed by atoms with Gasteiger partial charge in [0.15, 0.2) is 6.10 Å². The number of aliphatic carboxylic acids is 1. The van der Waals surface area contributed by atoms with E-state index in [0.29, 0.717) is 26.1 Å². The van der Waals surface area contributed by atoms with Crippen molar-refractivity contribution in [2.75, 3.05) is 19.8 Å². The van der Waals surface area contributed by atoms with Gasteiger partial charge in [0, 0.05) is 19.1 Å². The third kappa shape index (κ3) is 3.85. The molecule has 6 nitrogen and oxygen atoms in total. The molecule has 0 aromatic carbocycles. The van der Waals surface area contributed by atoms with Crippen molar-refractivity contribution in [3.05, 3.63) is 0 Å². The Morgan fingerprint density at radius 2 is 2.00 bits per heavy atom. The van der Waals surface area contributed by atoms with Crippen molar-refractivity contribution in [3.8, 4) is 0 Å². The number of hydrogen-bond donors (Lipinski definition) is 3. The average Bonchev–Trinajstić information content (AvgIpc) is 2.26. The lowest BCUT2D eigenvalue weighted by molar-refractivity contribution is -0.146. The Balaban J connectivity index is 2.25. The number of aliphatic hydroxyl groups is 1. The van der Waals surface area contributed by atoms with Crippen LogP contribution in [0.4, 0.5) is 0 Å². The summed E-state index contributed by atoms with van der Waals surface area (Å²) >= 11 is 0. The minimum atomic E-state index is -1.53. The molecule has 1 saturated heterocycles. The van der Waals surface area contributed by atoms with Crippen LogP contribution < -0.4 is 5.32 Å². The van der Waals surface area contributed by atoms with E-state index >= 15 is 0 Å². The summed E-state index contributed by atoms with van der Waals surface area (Å²) in [5.41, 5.74) is 0. The highest BCUT2D eigenvalue weighted by Crippen LogP contribution is 2.14. The zero-order valence-electron chi connectivity index (χ0n) is 8.31. The van der Waals surface area contributed by atoms with Gasteiger partial charge in [0.25, 0.3) is 0 Å². The Bertz CT molecular complexity index is 237. The number of nitrogens with one attached hydrogen (secondary N) is 1. The van der Waals surface area contributed by atoms with E-state index in [1.807, 2.05) is 0 Å². The molecular formula is C9H15NO5. The van der Waals surface area contributed by atoms with Gasteiger partial charge < -0.3 is 20.3 Å². The molecule has 0 aromatic heterocycles. The maximum absolute atomic E-state index is 11.5. The van der Waals surface area contributed by atoms with Gasteiger partial charge in [-0.3, -0.25) is 4.79 Å². The highest BCUT2D eigenvalue weighted by atomic mass is 16.5. The molecule has 1 rings (SSSR count). The van der Waals surface area contributed by atoms with E-state index < -0.39 is 12.1 Å². The van der Waals surface area contributed by atoms with Crippen LogP contribution in [0.1, 0.15) is 12.8 Å². The highest BCUT2D eigenvalue weighted by Gasteiger charge is 2.22. The molecule has 0 radical (unpaired) electrons. The first kappa shape index (κ1) is 11.9. The topological polar surface area (TPSA) is 95.9 Å². The Morgan fingerprint density at radius 3 is 2.53 bits per heavy atom. The molecule has 0 aliphatic carbocycles. The zero-order chi connectivity index (χ0) is 11.3. The van der Waals surface area contributed by atoms with Crippen LogP contribution in [-0.2, 0) is 14.3 Å². The van der Waals surface area contributed by atoms with Gasteiger partial charge in [-0.05, 0) is 12.8 Å². The number of amides is 1. The molecular weight excluding hydrogens is 202 g/mol. The maximum Gasteiger partial charge on any atom is 0.334 e. The van der Waals surface area contributed by atoms with Crippen LogP contribution in [0.25, 0.3) is 0 Å². The van der Waals surface area contributed by atoms with E-state index in [-0.39, 0.29) is 18.4 Å². The van der Waals surface area contributed by atoms with Crippen molar-refractivity contribution in [2.45, 2.75) is 18.9 Å². The molecule has 0 aromatic rings. The summed E-state index contributed by atoms with van der Waals surface area (Å²) in [7, 11) is 0. The fourth-order valence-electron chi connectivity index (χ4n) is 1.39. The molecule has 0 bridgehead atoms. The van der Waals surface area contributed by atoms with Gasteiger partial charge in [-0.1, -0.05) is 0 Å². The van der Waals surface area contributed by atoms with Crippen LogP contribution in [0.15, 0.2) is 0 Å². The lowest BCUT2D eigenvalue weighted by Gasteiger charge is -2.21. The average molecular weight is 217 g/mol. The van der Waals surface area contributed by atoms with Crippen LogP contribution in [0.2, 0.25) is 0 Å². The standard InChI is InChI=1S/C9H15NO5/c11-7(9(13)14)5-10-8(12)6-1-3-15-4-2-6/h6-7,11H,1-5H2,(H,10,12)(H,13,14)/t7-/m0/s1. The Labute approximate surface area is 87.2 Å². The van der Waals surface area contributed by atoms with Crippen molar-refractivity contribution in [3.63, 3.8) is 0 Å². The predicted octanol–water partition coefficient (Wildman–Crippen LogP) is -1.03. The summed E-state index contributed by atoms with van der Waals surface area (Å²) in [5, 5.41) is 19.7. The van der Waals surface area contributed by atoms with Crippen LogP contribution in [0.3, 0.4) is 0 Å². The van der Waals surface area contributed by atoms with E-state index in [1.165, 1.54) is 0 Å². The lowest BCUT2D eigenvalue weighted by atomic mass is 9.99. The first-order valence-corrected chi connectivity index (χ1v) is 4.87. The molecule has 1 fully saturated rings. The second-order valence-electron chi connectivity index (χ2n) is 3.49. The molecule has 86 valence electrons. The molecule has 1 amide bonds. The first-order chi connectivity index (χ1) is 7.11. The zero-order valence-corrected chi connectivity index (χ0v) is 8.31. The molecule has 1 aliphatic heterocycles.